The quantitative estimate of drug-likeness (QED) is 0.658. The lowest BCUT2D eigenvalue weighted by molar-refractivity contribution is 0.471. The van der Waals surface area contributed by atoms with Gasteiger partial charge in [0.25, 0.3) is 0 Å². The van der Waals surface area contributed by atoms with Gasteiger partial charge in [0.05, 0.1) is 16.8 Å². The van der Waals surface area contributed by atoms with E-state index in [2.05, 4.69) is 43.8 Å². The molecule has 0 fully saturated rings. The Kier molecular flexibility index (Phi) is 4.38. The van der Waals surface area contributed by atoms with Crippen LogP contribution in [0.5, 0.6) is 0 Å². The first-order chi connectivity index (χ1) is 8.06. The van der Waals surface area contributed by atoms with E-state index in [4.69, 9.17) is 16.0 Å². The Morgan fingerprint density at radius 1 is 1.35 bits per heavy atom. The predicted molar refractivity (Wildman–Crippen MR) is 82.6 cm³/mol. The maximum atomic E-state index is 6.16. The average molecular weight is 426 g/mol. The fourth-order valence-electron chi connectivity index (χ4n) is 1.47. The summed E-state index contributed by atoms with van der Waals surface area (Å²) in [5.74, 6) is 0.867. The van der Waals surface area contributed by atoms with Gasteiger partial charge in [-0.05, 0) is 75.8 Å². The molecule has 1 unspecified atom stereocenters. The standard InChI is InChI=1S/C12H10BrClINO/c1-7(11-4-5-12(13)17-11)16-10-3-2-8(15)6-9(10)14/h2-7,16H,1H3. The summed E-state index contributed by atoms with van der Waals surface area (Å²) in [5.41, 5.74) is 0.909. The van der Waals surface area contributed by atoms with Crippen molar-refractivity contribution in [3.05, 3.63) is 49.4 Å². The van der Waals surface area contributed by atoms with Crippen molar-refractivity contribution >= 4 is 55.8 Å². The molecule has 0 saturated heterocycles. The van der Waals surface area contributed by atoms with Crippen LogP contribution in [-0.4, -0.2) is 0 Å². The molecular formula is C12H10BrClINO. The van der Waals surface area contributed by atoms with Crippen LogP contribution in [0.4, 0.5) is 5.69 Å². The molecule has 0 aliphatic carbocycles. The molecule has 1 atom stereocenters. The van der Waals surface area contributed by atoms with Crippen molar-refractivity contribution < 1.29 is 4.42 Å². The molecule has 17 heavy (non-hydrogen) atoms. The number of halogens is 3. The fraction of sp³-hybridized carbons (Fsp3) is 0.167. The van der Waals surface area contributed by atoms with Crippen LogP contribution in [0.3, 0.4) is 0 Å². The summed E-state index contributed by atoms with van der Waals surface area (Å²) in [5, 5.41) is 4.03. The van der Waals surface area contributed by atoms with Gasteiger partial charge in [0, 0.05) is 3.57 Å². The maximum Gasteiger partial charge on any atom is 0.169 e. The van der Waals surface area contributed by atoms with E-state index in [0.717, 1.165) is 24.7 Å². The molecule has 2 nitrogen and oxygen atoms in total. The molecule has 0 amide bonds. The molecule has 0 bridgehead atoms. The van der Waals surface area contributed by atoms with E-state index in [1.165, 1.54) is 0 Å². The van der Waals surface area contributed by atoms with Gasteiger partial charge in [-0.1, -0.05) is 11.6 Å². The monoisotopic (exact) mass is 425 g/mol. The maximum absolute atomic E-state index is 6.16. The van der Waals surface area contributed by atoms with Gasteiger partial charge < -0.3 is 9.73 Å². The Morgan fingerprint density at radius 2 is 2.12 bits per heavy atom. The highest BCUT2D eigenvalue weighted by Crippen LogP contribution is 2.29. The van der Waals surface area contributed by atoms with Crippen molar-refractivity contribution in [3.8, 4) is 0 Å². The minimum absolute atomic E-state index is 0.0684. The number of hydrogen-bond acceptors (Lipinski definition) is 2. The molecule has 1 aromatic carbocycles. The molecule has 0 aliphatic heterocycles. The molecule has 1 heterocycles. The minimum atomic E-state index is 0.0684. The van der Waals surface area contributed by atoms with E-state index in [-0.39, 0.29) is 6.04 Å². The van der Waals surface area contributed by atoms with Crippen LogP contribution >= 0.6 is 50.1 Å². The van der Waals surface area contributed by atoms with Crippen LogP contribution in [0.2, 0.25) is 5.02 Å². The molecule has 0 saturated carbocycles. The summed E-state index contributed by atoms with van der Waals surface area (Å²) in [4.78, 5) is 0. The SMILES string of the molecule is CC(Nc1ccc(I)cc1Cl)c1ccc(Br)o1. The second kappa shape index (κ2) is 5.63. The van der Waals surface area contributed by atoms with Crippen LogP contribution in [0, 0.1) is 3.57 Å². The van der Waals surface area contributed by atoms with Crippen molar-refractivity contribution in [2.45, 2.75) is 13.0 Å². The first kappa shape index (κ1) is 13.2. The second-order valence-corrected chi connectivity index (χ2v) is 6.07. The summed E-state index contributed by atoms with van der Waals surface area (Å²) in [7, 11) is 0. The molecular weight excluding hydrogens is 416 g/mol. The third-order valence-electron chi connectivity index (χ3n) is 2.32. The third-order valence-corrected chi connectivity index (χ3v) is 3.73. The lowest BCUT2D eigenvalue weighted by Crippen LogP contribution is -2.05. The Hall–Kier alpha value is -0.200. The van der Waals surface area contributed by atoms with Gasteiger partial charge in [-0.25, -0.2) is 0 Å². The van der Waals surface area contributed by atoms with Gasteiger partial charge in [0.15, 0.2) is 4.67 Å². The van der Waals surface area contributed by atoms with E-state index >= 15 is 0 Å². The number of benzene rings is 1. The molecule has 0 aliphatic rings. The van der Waals surface area contributed by atoms with E-state index in [0.29, 0.717) is 0 Å². The van der Waals surface area contributed by atoms with E-state index in [1.54, 1.807) is 0 Å². The van der Waals surface area contributed by atoms with Crippen molar-refractivity contribution in [1.82, 2.24) is 0 Å². The number of anilines is 1. The van der Waals surface area contributed by atoms with Crippen LogP contribution in [0.25, 0.3) is 0 Å². The zero-order valence-electron chi connectivity index (χ0n) is 9.01. The molecule has 1 N–H and O–H groups in total. The van der Waals surface area contributed by atoms with Gasteiger partial charge in [0.1, 0.15) is 5.76 Å². The second-order valence-electron chi connectivity index (χ2n) is 3.63. The van der Waals surface area contributed by atoms with Gasteiger partial charge in [0.2, 0.25) is 0 Å². The average Bonchev–Trinajstić information content (AvgIpc) is 2.69. The predicted octanol–water partition coefficient (Wildman–Crippen LogP) is 5.47. The van der Waals surface area contributed by atoms with Crippen LogP contribution in [0.1, 0.15) is 18.7 Å². The fourth-order valence-corrected chi connectivity index (χ4v) is 2.70. The van der Waals surface area contributed by atoms with Crippen molar-refractivity contribution in [2.24, 2.45) is 0 Å². The Bertz CT molecular complexity index is 529. The normalized spacial score (nSPS) is 12.5. The summed E-state index contributed by atoms with van der Waals surface area (Å²) < 4.78 is 7.34. The number of hydrogen-bond donors (Lipinski definition) is 1. The third kappa shape index (κ3) is 3.39. The van der Waals surface area contributed by atoms with E-state index in [9.17, 15) is 0 Å². The van der Waals surface area contributed by atoms with E-state index in [1.807, 2.05) is 37.3 Å². The van der Waals surface area contributed by atoms with Gasteiger partial charge in [-0.3, -0.25) is 0 Å². The highest BCUT2D eigenvalue weighted by Gasteiger charge is 2.11. The van der Waals surface area contributed by atoms with Crippen molar-refractivity contribution in [2.75, 3.05) is 5.32 Å². The van der Waals surface area contributed by atoms with Crippen molar-refractivity contribution in [1.29, 1.82) is 0 Å². The van der Waals surface area contributed by atoms with Gasteiger partial charge in [-0.2, -0.15) is 0 Å². The Balaban J connectivity index is 2.15. The lowest BCUT2D eigenvalue weighted by atomic mass is 10.2. The summed E-state index contributed by atoms with van der Waals surface area (Å²) in [6.45, 7) is 2.03. The minimum Gasteiger partial charge on any atom is -0.452 e. The number of nitrogens with one attached hydrogen (secondary N) is 1. The van der Waals surface area contributed by atoms with Gasteiger partial charge >= 0.3 is 0 Å². The molecule has 2 rings (SSSR count). The Labute approximate surface area is 127 Å². The number of rotatable bonds is 3. The molecule has 90 valence electrons. The molecule has 5 heteroatoms. The molecule has 1 aromatic heterocycles. The highest BCUT2D eigenvalue weighted by molar-refractivity contribution is 14.1. The highest BCUT2D eigenvalue weighted by atomic mass is 127. The zero-order chi connectivity index (χ0) is 12.4. The first-order valence-electron chi connectivity index (χ1n) is 5.03. The van der Waals surface area contributed by atoms with Crippen LogP contribution < -0.4 is 5.32 Å². The first-order valence-corrected chi connectivity index (χ1v) is 7.28. The molecule has 0 spiro atoms. The lowest BCUT2D eigenvalue weighted by Gasteiger charge is -2.14. The summed E-state index contributed by atoms with van der Waals surface area (Å²) in [6.07, 6.45) is 0. The van der Waals surface area contributed by atoms with E-state index < -0.39 is 0 Å². The summed E-state index contributed by atoms with van der Waals surface area (Å²) >= 11 is 11.7. The number of furan rings is 1. The summed E-state index contributed by atoms with van der Waals surface area (Å²) in [6, 6.07) is 9.79. The molecule has 0 radical (unpaired) electrons. The molecule has 2 aromatic rings. The smallest absolute Gasteiger partial charge is 0.169 e. The topological polar surface area (TPSA) is 25.2 Å². The van der Waals surface area contributed by atoms with Crippen LogP contribution in [-0.2, 0) is 0 Å². The Morgan fingerprint density at radius 3 is 2.71 bits per heavy atom. The zero-order valence-corrected chi connectivity index (χ0v) is 13.5. The van der Waals surface area contributed by atoms with Gasteiger partial charge in [-0.15, -0.1) is 0 Å². The largest absolute Gasteiger partial charge is 0.452 e. The van der Waals surface area contributed by atoms with Crippen molar-refractivity contribution in [3.63, 3.8) is 0 Å². The van der Waals surface area contributed by atoms with Crippen LogP contribution in [0.15, 0.2) is 39.4 Å².